The summed E-state index contributed by atoms with van der Waals surface area (Å²) in [5.74, 6) is -0.876. The normalized spacial score (nSPS) is 11.7. The number of thioether (sulfide) groups is 1. The molecule has 6 nitrogen and oxygen atoms in total. The van der Waals surface area contributed by atoms with Gasteiger partial charge in [-0.25, -0.2) is 4.79 Å². The fraction of sp³-hybridized carbons (Fsp3) is 0.296. The number of nitrogens with zero attached hydrogens (tertiary/aromatic N) is 1. The summed E-state index contributed by atoms with van der Waals surface area (Å²) in [4.78, 5) is 38.5. The fourth-order valence-corrected chi connectivity index (χ4v) is 4.77. The molecule has 1 N–H and O–H groups in total. The lowest BCUT2D eigenvalue weighted by Crippen LogP contribution is -2.42. The van der Waals surface area contributed by atoms with Crippen LogP contribution < -0.4 is 5.32 Å². The van der Waals surface area contributed by atoms with Gasteiger partial charge in [0, 0.05) is 28.5 Å². The molecule has 1 atom stereocenters. The molecule has 3 aromatic rings. The van der Waals surface area contributed by atoms with Gasteiger partial charge >= 0.3 is 5.97 Å². The van der Waals surface area contributed by atoms with E-state index in [9.17, 15) is 14.4 Å². The van der Waals surface area contributed by atoms with Crippen molar-refractivity contribution in [3.05, 3.63) is 92.7 Å². The zero-order chi connectivity index (χ0) is 26.2. The number of aryl methyl sites for hydroxylation is 1. The van der Waals surface area contributed by atoms with E-state index in [2.05, 4.69) is 9.88 Å². The number of esters is 1. The van der Waals surface area contributed by atoms with Crippen LogP contribution in [0.15, 0.2) is 54.6 Å². The number of nitrogens with one attached hydrogen (secondary N) is 1. The number of aromatic nitrogens is 1. The smallest absolute Gasteiger partial charge is 0.329 e. The molecule has 190 valence electrons. The molecule has 0 aliphatic carbocycles. The Morgan fingerprint density at radius 3 is 2.42 bits per heavy atom. The maximum atomic E-state index is 12.9. The highest BCUT2D eigenvalue weighted by Gasteiger charge is 2.25. The van der Waals surface area contributed by atoms with Crippen LogP contribution in [0.1, 0.15) is 44.1 Å². The van der Waals surface area contributed by atoms with Gasteiger partial charge in [0.2, 0.25) is 5.78 Å². The van der Waals surface area contributed by atoms with Crippen molar-refractivity contribution in [3.63, 3.8) is 0 Å². The zero-order valence-corrected chi connectivity index (χ0v) is 22.7. The van der Waals surface area contributed by atoms with Crippen molar-refractivity contribution in [3.8, 4) is 0 Å². The third-order valence-electron chi connectivity index (χ3n) is 5.78. The molecule has 0 spiro atoms. The molecular weight excluding hydrogens is 519 g/mol. The van der Waals surface area contributed by atoms with Gasteiger partial charge in [0.25, 0.3) is 5.91 Å². The number of ketones is 1. The Morgan fingerprint density at radius 1 is 1.03 bits per heavy atom. The molecule has 0 saturated heterocycles. The molecule has 3 rings (SSSR count). The minimum Gasteiger partial charge on any atom is -0.456 e. The number of rotatable bonds is 11. The highest BCUT2D eigenvalue weighted by molar-refractivity contribution is 7.98. The summed E-state index contributed by atoms with van der Waals surface area (Å²) in [6.07, 6.45) is 2.24. The standard InChI is InChI=1S/C27H28Cl2N2O4S/c1-17-13-22(18(2)31(17)15-19-7-5-4-6-8-19)25(32)16-35-27(34)24(11-12-36-3)30-26(33)21-10-9-20(28)14-23(21)29/h4-10,13-14,24H,11-12,15-16H2,1-3H3,(H,30,33). The van der Waals surface area contributed by atoms with Crippen LogP contribution in [0.25, 0.3) is 0 Å². The van der Waals surface area contributed by atoms with E-state index in [-0.39, 0.29) is 16.4 Å². The van der Waals surface area contributed by atoms with Crippen LogP contribution >= 0.6 is 35.0 Å². The molecule has 0 saturated carbocycles. The Morgan fingerprint density at radius 2 is 1.75 bits per heavy atom. The summed E-state index contributed by atoms with van der Waals surface area (Å²) >= 11 is 13.6. The van der Waals surface area contributed by atoms with Gasteiger partial charge < -0.3 is 14.6 Å². The number of amides is 1. The minimum absolute atomic E-state index is 0.179. The van der Waals surface area contributed by atoms with Crippen molar-refractivity contribution in [2.75, 3.05) is 18.6 Å². The van der Waals surface area contributed by atoms with Crippen LogP contribution in [-0.2, 0) is 16.1 Å². The minimum atomic E-state index is -0.921. The molecule has 1 unspecified atom stereocenters. The molecule has 1 heterocycles. The predicted molar refractivity (Wildman–Crippen MR) is 145 cm³/mol. The number of hydrogen-bond donors (Lipinski definition) is 1. The summed E-state index contributed by atoms with van der Waals surface area (Å²) in [6, 6.07) is 15.4. The van der Waals surface area contributed by atoms with Gasteiger partial charge in [-0.2, -0.15) is 11.8 Å². The van der Waals surface area contributed by atoms with Crippen LogP contribution in [0.3, 0.4) is 0 Å². The predicted octanol–water partition coefficient (Wildman–Crippen LogP) is 5.74. The topological polar surface area (TPSA) is 77.4 Å². The van der Waals surface area contributed by atoms with Crippen molar-refractivity contribution in [2.24, 2.45) is 0 Å². The molecular formula is C27H28Cl2N2O4S. The lowest BCUT2D eigenvalue weighted by molar-refractivity contribution is -0.144. The van der Waals surface area contributed by atoms with E-state index < -0.39 is 24.5 Å². The van der Waals surface area contributed by atoms with E-state index in [0.717, 1.165) is 17.0 Å². The molecule has 36 heavy (non-hydrogen) atoms. The Hall–Kier alpha value is -2.74. The number of hydrogen-bond acceptors (Lipinski definition) is 5. The summed E-state index contributed by atoms with van der Waals surface area (Å²) in [5, 5.41) is 3.25. The van der Waals surface area contributed by atoms with Crippen molar-refractivity contribution in [1.29, 1.82) is 0 Å². The van der Waals surface area contributed by atoms with Gasteiger partial charge in [0.1, 0.15) is 6.04 Å². The van der Waals surface area contributed by atoms with E-state index in [4.69, 9.17) is 27.9 Å². The fourth-order valence-electron chi connectivity index (χ4n) is 3.80. The Balaban J connectivity index is 1.66. The van der Waals surface area contributed by atoms with Gasteiger partial charge in [-0.05, 0) is 62.1 Å². The molecule has 2 aromatic carbocycles. The molecule has 0 fully saturated rings. The quantitative estimate of drug-likeness (QED) is 0.245. The summed E-state index contributed by atoms with van der Waals surface area (Å²) in [6.45, 7) is 4.04. The van der Waals surface area contributed by atoms with Crippen molar-refractivity contribution in [2.45, 2.75) is 32.9 Å². The van der Waals surface area contributed by atoms with E-state index in [1.165, 1.54) is 23.9 Å². The Kier molecular flexibility index (Phi) is 10.0. The van der Waals surface area contributed by atoms with Gasteiger partial charge in [-0.1, -0.05) is 53.5 Å². The highest BCUT2D eigenvalue weighted by Crippen LogP contribution is 2.21. The van der Waals surface area contributed by atoms with Gasteiger partial charge in [-0.3, -0.25) is 9.59 Å². The first-order chi connectivity index (χ1) is 17.2. The first-order valence-electron chi connectivity index (χ1n) is 11.4. The van der Waals surface area contributed by atoms with Crippen LogP contribution in [0.4, 0.5) is 0 Å². The van der Waals surface area contributed by atoms with E-state index in [0.29, 0.717) is 29.3 Å². The molecule has 9 heteroatoms. The monoisotopic (exact) mass is 546 g/mol. The molecule has 0 aliphatic heterocycles. The van der Waals surface area contributed by atoms with Crippen molar-refractivity contribution < 1.29 is 19.1 Å². The number of carbonyl (C=O) groups is 3. The first kappa shape index (κ1) is 27.8. The van der Waals surface area contributed by atoms with E-state index in [1.54, 1.807) is 6.07 Å². The molecule has 0 radical (unpaired) electrons. The zero-order valence-electron chi connectivity index (χ0n) is 20.3. The average Bonchev–Trinajstić information content (AvgIpc) is 3.13. The summed E-state index contributed by atoms with van der Waals surface area (Å²) in [5.41, 5.74) is 3.58. The second kappa shape index (κ2) is 13.0. The van der Waals surface area contributed by atoms with E-state index >= 15 is 0 Å². The van der Waals surface area contributed by atoms with Crippen LogP contribution in [0.2, 0.25) is 10.0 Å². The lowest BCUT2D eigenvalue weighted by Gasteiger charge is -2.18. The molecule has 0 aliphatic rings. The van der Waals surface area contributed by atoms with E-state index in [1.807, 2.05) is 56.5 Å². The maximum Gasteiger partial charge on any atom is 0.329 e. The number of Topliss-reactive ketones (excluding diaryl/α,β-unsaturated/α-hetero) is 1. The van der Waals surface area contributed by atoms with Gasteiger partial charge in [0.05, 0.1) is 10.6 Å². The number of halogens is 2. The molecule has 0 bridgehead atoms. The van der Waals surface area contributed by atoms with Crippen molar-refractivity contribution >= 4 is 52.6 Å². The first-order valence-corrected chi connectivity index (χ1v) is 13.5. The van der Waals surface area contributed by atoms with Gasteiger partial charge in [-0.15, -0.1) is 0 Å². The second-order valence-electron chi connectivity index (χ2n) is 8.32. The Labute approximate surface area is 225 Å². The second-order valence-corrected chi connectivity index (χ2v) is 10.1. The lowest BCUT2D eigenvalue weighted by atomic mass is 10.1. The molecule has 1 aromatic heterocycles. The number of benzene rings is 2. The van der Waals surface area contributed by atoms with Crippen LogP contribution in [0, 0.1) is 13.8 Å². The molecule has 1 amide bonds. The van der Waals surface area contributed by atoms with Crippen molar-refractivity contribution in [1.82, 2.24) is 9.88 Å². The maximum absolute atomic E-state index is 12.9. The number of carbonyl (C=O) groups excluding carboxylic acids is 3. The third kappa shape index (κ3) is 7.15. The number of ether oxygens (including phenoxy) is 1. The Bertz CT molecular complexity index is 1240. The van der Waals surface area contributed by atoms with Crippen LogP contribution in [0.5, 0.6) is 0 Å². The highest BCUT2D eigenvalue weighted by atomic mass is 35.5. The summed E-state index contributed by atoms with van der Waals surface area (Å²) in [7, 11) is 0. The largest absolute Gasteiger partial charge is 0.456 e. The average molecular weight is 548 g/mol. The van der Waals surface area contributed by atoms with Crippen LogP contribution in [-0.4, -0.2) is 46.9 Å². The third-order valence-corrected chi connectivity index (χ3v) is 6.97. The SMILES string of the molecule is CSCCC(NC(=O)c1ccc(Cl)cc1Cl)C(=O)OCC(=O)c1cc(C)n(Cc2ccccc2)c1C. The van der Waals surface area contributed by atoms with Gasteiger partial charge in [0.15, 0.2) is 6.61 Å². The summed E-state index contributed by atoms with van der Waals surface area (Å²) < 4.78 is 7.41.